The van der Waals surface area contributed by atoms with E-state index in [0.717, 1.165) is 76.4 Å². The molecule has 2 aromatic rings. The van der Waals surface area contributed by atoms with Gasteiger partial charge in [-0.15, -0.1) is 0 Å². The second kappa shape index (κ2) is 9.97. The van der Waals surface area contributed by atoms with Crippen molar-refractivity contribution in [2.45, 2.75) is 33.1 Å². The Balaban J connectivity index is 1.92. The first-order chi connectivity index (χ1) is 14.3. The third kappa shape index (κ3) is 5.44. The third-order valence-electron chi connectivity index (χ3n) is 5.31. The molecular formula is C24H28BrClN2O2. The highest BCUT2D eigenvalue weighted by molar-refractivity contribution is 9.10. The Morgan fingerprint density at radius 2 is 2.07 bits per heavy atom. The number of aryl methyl sites for hydroxylation is 1. The highest BCUT2D eigenvalue weighted by Gasteiger charge is 2.27. The topological polar surface area (TPSA) is 41.9 Å². The lowest BCUT2D eigenvalue weighted by atomic mass is 9.93. The van der Waals surface area contributed by atoms with Crippen molar-refractivity contribution in [1.82, 2.24) is 4.90 Å². The van der Waals surface area contributed by atoms with Crippen LogP contribution in [0, 0.1) is 5.41 Å². The molecule has 3 rings (SSSR count). The molecule has 1 aliphatic rings. The number of benzene rings is 2. The summed E-state index contributed by atoms with van der Waals surface area (Å²) in [5, 5.41) is 0.740. The number of carbonyl (C=O) groups is 1. The molecule has 0 spiro atoms. The molecule has 0 N–H and O–H groups in total. The molecule has 0 saturated carbocycles. The molecule has 0 bridgehead atoms. The first-order valence-electron chi connectivity index (χ1n) is 10.2. The maximum absolute atomic E-state index is 11.5. The van der Waals surface area contributed by atoms with E-state index in [1.54, 1.807) is 7.11 Å². The SMILES string of the molecule is COc1ccc(Br)cc1CCc1c(Cl)cccc1C1=NCCCN1CC(C)(C)C=O. The van der Waals surface area contributed by atoms with Gasteiger partial charge in [0, 0.05) is 40.1 Å². The fraction of sp³-hybridized carbons (Fsp3) is 0.417. The van der Waals surface area contributed by atoms with Crippen molar-refractivity contribution in [3.05, 3.63) is 62.6 Å². The van der Waals surface area contributed by atoms with Crippen LogP contribution in [0.4, 0.5) is 0 Å². The van der Waals surface area contributed by atoms with Crippen LogP contribution >= 0.6 is 27.5 Å². The van der Waals surface area contributed by atoms with E-state index in [0.29, 0.717) is 6.54 Å². The molecule has 0 unspecified atom stereocenters. The molecule has 4 nitrogen and oxygen atoms in total. The molecule has 0 saturated heterocycles. The lowest BCUT2D eigenvalue weighted by Crippen LogP contribution is -2.43. The molecular weight excluding hydrogens is 464 g/mol. The van der Waals surface area contributed by atoms with Gasteiger partial charge < -0.3 is 14.4 Å². The summed E-state index contributed by atoms with van der Waals surface area (Å²) in [6.45, 7) is 6.25. The lowest BCUT2D eigenvalue weighted by Gasteiger charge is -2.35. The maximum atomic E-state index is 11.5. The van der Waals surface area contributed by atoms with E-state index < -0.39 is 5.41 Å². The van der Waals surface area contributed by atoms with Crippen LogP contribution in [0.5, 0.6) is 5.75 Å². The van der Waals surface area contributed by atoms with Crippen LogP contribution in [0.3, 0.4) is 0 Å². The van der Waals surface area contributed by atoms with Gasteiger partial charge >= 0.3 is 0 Å². The summed E-state index contributed by atoms with van der Waals surface area (Å²) in [5.41, 5.74) is 2.83. The molecule has 0 aliphatic carbocycles. The van der Waals surface area contributed by atoms with Crippen molar-refractivity contribution >= 4 is 39.7 Å². The Kier molecular flexibility index (Phi) is 7.59. The third-order valence-corrected chi connectivity index (χ3v) is 6.16. The number of aldehydes is 1. The summed E-state index contributed by atoms with van der Waals surface area (Å²) in [6.07, 6.45) is 3.58. The van der Waals surface area contributed by atoms with Gasteiger partial charge in [0.05, 0.1) is 7.11 Å². The predicted octanol–water partition coefficient (Wildman–Crippen LogP) is 5.57. The number of hydrogen-bond acceptors (Lipinski definition) is 4. The van der Waals surface area contributed by atoms with E-state index in [1.807, 2.05) is 38.1 Å². The van der Waals surface area contributed by atoms with E-state index in [2.05, 4.69) is 33.0 Å². The Morgan fingerprint density at radius 3 is 2.80 bits per heavy atom. The van der Waals surface area contributed by atoms with Crippen LogP contribution in [-0.2, 0) is 17.6 Å². The quantitative estimate of drug-likeness (QED) is 0.453. The van der Waals surface area contributed by atoms with Crippen molar-refractivity contribution in [3.63, 3.8) is 0 Å². The van der Waals surface area contributed by atoms with Gasteiger partial charge in [-0.25, -0.2) is 0 Å². The standard InChI is InChI=1S/C24H28BrClN2O2/c1-24(2,16-29)15-28-13-5-12-27-23(28)20-6-4-7-21(26)19(20)10-8-17-14-18(25)9-11-22(17)30-3/h4,6-7,9,11,14,16H,5,8,10,12-13,15H2,1-3H3. The summed E-state index contributed by atoms with van der Waals surface area (Å²) in [7, 11) is 1.69. The fourth-order valence-electron chi connectivity index (χ4n) is 3.82. The molecule has 1 aliphatic heterocycles. The van der Waals surface area contributed by atoms with Crippen LogP contribution in [0.15, 0.2) is 45.9 Å². The predicted molar refractivity (Wildman–Crippen MR) is 127 cm³/mol. The minimum atomic E-state index is -0.430. The number of amidine groups is 1. The van der Waals surface area contributed by atoms with Crippen LogP contribution < -0.4 is 4.74 Å². The number of hydrogen-bond donors (Lipinski definition) is 0. The molecule has 0 radical (unpaired) electrons. The summed E-state index contributed by atoms with van der Waals surface area (Å²) in [5.74, 6) is 1.81. The number of aliphatic imine (C=N–C) groups is 1. The Labute approximate surface area is 192 Å². The number of carbonyl (C=O) groups excluding carboxylic acids is 1. The normalized spacial score (nSPS) is 14.4. The number of methoxy groups -OCH3 is 1. The average Bonchev–Trinajstić information content (AvgIpc) is 2.73. The molecule has 2 aromatic carbocycles. The molecule has 0 amide bonds. The highest BCUT2D eigenvalue weighted by atomic mass is 79.9. The Hall–Kier alpha value is -1.85. The van der Waals surface area contributed by atoms with Crippen molar-refractivity contribution < 1.29 is 9.53 Å². The smallest absolute Gasteiger partial charge is 0.131 e. The minimum Gasteiger partial charge on any atom is -0.496 e. The minimum absolute atomic E-state index is 0.430. The zero-order valence-electron chi connectivity index (χ0n) is 17.8. The zero-order valence-corrected chi connectivity index (χ0v) is 20.1. The van der Waals surface area contributed by atoms with Gasteiger partial charge in [0.1, 0.15) is 17.9 Å². The van der Waals surface area contributed by atoms with Crippen LogP contribution in [0.25, 0.3) is 0 Å². The zero-order chi connectivity index (χ0) is 21.7. The second-order valence-corrected chi connectivity index (χ2v) is 9.63. The molecule has 0 atom stereocenters. The van der Waals surface area contributed by atoms with E-state index in [4.69, 9.17) is 21.3 Å². The average molecular weight is 492 g/mol. The van der Waals surface area contributed by atoms with Gasteiger partial charge in [-0.3, -0.25) is 4.99 Å². The molecule has 1 heterocycles. The molecule has 6 heteroatoms. The second-order valence-electron chi connectivity index (χ2n) is 8.31. The monoisotopic (exact) mass is 490 g/mol. The van der Waals surface area contributed by atoms with Crippen molar-refractivity contribution in [3.8, 4) is 5.75 Å². The number of rotatable bonds is 8. The van der Waals surface area contributed by atoms with Gasteiger partial charge in [0.15, 0.2) is 0 Å². The number of halogens is 2. The van der Waals surface area contributed by atoms with E-state index in [-0.39, 0.29) is 0 Å². The fourth-order valence-corrected chi connectivity index (χ4v) is 4.49. The summed E-state index contributed by atoms with van der Waals surface area (Å²) >= 11 is 10.2. The van der Waals surface area contributed by atoms with Crippen LogP contribution in [0.1, 0.15) is 37.0 Å². The van der Waals surface area contributed by atoms with Gasteiger partial charge in [-0.05, 0) is 54.7 Å². The summed E-state index contributed by atoms with van der Waals surface area (Å²) in [6, 6.07) is 12.0. The first-order valence-corrected chi connectivity index (χ1v) is 11.4. The van der Waals surface area contributed by atoms with E-state index >= 15 is 0 Å². The Morgan fingerprint density at radius 1 is 1.27 bits per heavy atom. The number of ether oxygens (including phenoxy) is 1. The lowest BCUT2D eigenvalue weighted by molar-refractivity contribution is -0.115. The Bertz CT molecular complexity index is 943. The van der Waals surface area contributed by atoms with Crippen molar-refractivity contribution in [2.75, 3.05) is 26.7 Å². The highest BCUT2D eigenvalue weighted by Crippen LogP contribution is 2.29. The largest absolute Gasteiger partial charge is 0.496 e. The van der Waals surface area contributed by atoms with Gasteiger partial charge in [0.25, 0.3) is 0 Å². The van der Waals surface area contributed by atoms with Gasteiger partial charge in [-0.2, -0.15) is 0 Å². The van der Waals surface area contributed by atoms with E-state index in [9.17, 15) is 4.79 Å². The summed E-state index contributed by atoms with van der Waals surface area (Å²) in [4.78, 5) is 18.6. The van der Waals surface area contributed by atoms with E-state index in [1.165, 1.54) is 0 Å². The van der Waals surface area contributed by atoms with Crippen molar-refractivity contribution in [2.24, 2.45) is 10.4 Å². The molecule has 30 heavy (non-hydrogen) atoms. The molecule has 0 fully saturated rings. The number of nitrogens with zero attached hydrogens (tertiary/aromatic N) is 2. The van der Waals surface area contributed by atoms with Gasteiger partial charge in [0.2, 0.25) is 0 Å². The molecule has 0 aromatic heterocycles. The van der Waals surface area contributed by atoms with Crippen molar-refractivity contribution in [1.29, 1.82) is 0 Å². The van der Waals surface area contributed by atoms with Crippen LogP contribution in [0.2, 0.25) is 5.02 Å². The maximum Gasteiger partial charge on any atom is 0.131 e. The first kappa shape index (κ1) is 22.8. The summed E-state index contributed by atoms with van der Waals surface area (Å²) < 4.78 is 6.56. The molecule has 160 valence electrons. The van der Waals surface area contributed by atoms with Gasteiger partial charge in [-0.1, -0.05) is 53.5 Å². The van der Waals surface area contributed by atoms with Crippen LogP contribution in [-0.4, -0.2) is 43.8 Å².